The van der Waals surface area contributed by atoms with Crippen LogP contribution in [-0.2, 0) is 6.42 Å². The third kappa shape index (κ3) is 3.82. The number of aromatic nitrogens is 1. The zero-order valence-electron chi connectivity index (χ0n) is 15.5. The fourth-order valence-corrected chi connectivity index (χ4v) is 3.45. The molecule has 7 heteroatoms. The van der Waals surface area contributed by atoms with E-state index >= 15 is 0 Å². The number of benzene rings is 1. The Balaban J connectivity index is 1.37. The summed E-state index contributed by atoms with van der Waals surface area (Å²) in [4.78, 5) is 32.4. The fraction of sp³-hybridized carbons (Fsp3) is 0.450. The van der Waals surface area contributed by atoms with Gasteiger partial charge < -0.3 is 20.0 Å². The number of primary amides is 1. The molecule has 7 nitrogen and oxygen atoms in total. The Hall–Kier alpha value is -2.83. The van der Waals surface area contributed by atoms with Crippen molar-refractivity contribution in [2.45, 2.75) is 26.2 Å². The zero-order valence-corrected chi connectivity index (χ0v) is 15.5. The van der Waals surface area contributed by atoms with Crippen molar-refractivity contribution < 1.29 is 14.0 Å². The molecule has 0 spiro atoms. The molecule has 0 unspecified atom stereocenters. The van der Waals surface area contributed by atoms with E-state index in [1.807, 2.05) is 24.0 Å². The first-order valence-electron chi connectivity index (χ1n) is 9.41. The summed E-state index contributed by atoms with van der Waals surface area (Å²) in [6.45, 7) is 4.53. The van der Waals surface area contributed by atoms with Crippen LogP contribution in [0, 0.1) is 12.8 Å². The average Bonchev–Trinajstić information content (AvgIpc) is 3.42. The summed E-state index contributed by atoms with van der Waals surface area (Å²) < 4.78 is 5.77. The van der Waals surface area contributed by atoms with Gasteiger partial charge in [-0.25, -0.2) is 4.98 Å². The molecule has 2 fully saturated rings. The third-order valence-electron chi connectivity index (χ3n) is 5.28. The van der Waals surface area contributed by atoms with E-state index < -0.39 is 5.91 Å². The number of nitrogens with zero attached hydrogens (tertiary/aromatic N) is 3. The lowest BCUT2D eigenvalue weighted by Gasteiger charge is -2.35. The molecule has 2 N–H and O–H groups in total. The van der Waals surface area contributed by atoms with Crippen LogP contribution < -0.4 is 10.6 Å². The second-order valence-electron chi connectivity index (χ2n) is 7.36. The molecule has 1 aromatic heterocycles. The highest BCUT2D eigenvalue weighted by molar-refractivity contribution is 5.93. The Bertz CT molecular complexity index is 847. The van der Waals surface area contributed by atoms with Gasteiger partial charge in [-0.05, 0) is 49.9 Å². The van der Waals surface area contributed by atoms with Crippen LogP contribution in [-0.4, -0.2) is 47.9 Å². The Morgan fingerprint density at radius 3 is 2.41 bits per heavy atom. The molecular weight excluding hydrogens is 344 g/mol. The van der Waals surface area contributed by atoms with E-state index in [0.717, 1.165) is 25.2 Å². The molecule has 0 atom stereocenters. The Kier molecular flexibility index (Phi) is 4.59. The molecule has 1 aliphatic heterocycles. The molecule has 2 aliphatic rings. The highest BCUT2D eigenvalue weighted by Gasteiger charge is 2.29. The van der Waals surface area contributed by atoms with E-state index in [2.05, 4.69) is 9.88 Å². The van der Waals surface area contributed by atoms with Gasteiger partial charge in [0, 0.05) is 43.9 Å². The maximum absolute atomic E-state index is 12.8. The highest BCUT2D eigenvalue weighted by atomic mass is 16.4. The summed E-state index contributed by atoms with van der Waals surface area (Å²) in [5.41, 5.74) is 7.48. The molecule has 2 heterocycles. The van der Waals surface area contributed by atoms with Gasteiger partial charge in [0.2, 0.25) is 11.7 Å². The fourth-order valence-electron chi connectivity index (χ4n) is 3.45. The van der Waals surface area contributed by atoms with Crippen molar-refractivity contribution in [1.82, 2.24) is 9.88 Å². The van der Waals surface area contributed by atoms with Gasteiger partial charge >= 0.3 is 0 Å². The molecule has 0 radical (unpaired) electrons. The van der Waals surface area contributed by atoms with E-state index in [1.165, 1.54) is 12.8 Å². The predicted octanol–water partition coefficient (Wildman–Crippen LogP) is 2.00. The van der Waals surface area contributed by atoms with Gasteiger partial charge in [-0.15, -0.1) is 0 Å². The minimum absolute atomic E-state index is 0.0780. The predicted molar refractivity (Wildman–Crippen MR) is 101 cm³/mol. The third-order valence-corrected chi connectivity index (χ3v) is 5.28. The number of nitrogens with two attached hydrogens (primary N) is 1. The molecule has 27 heavy (non-hydrogen) atoms. The van der Waals surface area contributed by atoms with E-state index in [1.54, 1.807) is 12.1 Å². The van der Waals surface area contributed by atoms with E-state index in [9.17, 15) is 9.59 Å². The number of rotatable bonds is 5. The standard InChI is InChI=1S/C20H24N4O3/c1-13-18(27-17(22-13)12-14-2-3-14)20(26)24-10-8-23(9-11-24)16-6-4-15(5-7-16)19(21)25/h4-7,14H,2-3,8-12H2,1H3,(H2,21,25). The molecule has 1 aromatic carbocycles. The number of oxazole rings is 1. The highest BCUT2D eigenvalue weighted by Crippen LogP contribution is 2.32. The topological polar surface area (TPSA) is 92.7 Å². The maximum Gasteiger partial charge on any atom is 0.291 e. The lowest BCUT2D eigenvalue weighted by Crippen LogP contribution is -2.48. The van der Waals surface area contributed by atoms with Crippen molar-refractivity contribution in [1.29, 1.82) is 0 Å². The van der Waals surface area contributed by atoms with Crippen LogP contribution in [0.15, 0.2) is 28.7 Å². The van der Waals surface area contributed by atoms with Crippen molar-refractivity contribution >= 4 is 17.5 Å². The number of carbonyl (C=O) groups excluding carboxylic acids is 2. The molecule has 0 bridgehead atoms. The van der Waals surface area contributed by atoms with E-state index in [4.69, 9.17) is 10.2 Å². The average molecular weight is 368 g/mol. The number of piperazine rings is 1. The first-order valence-corrected chi connectivity index (χ1v) is 9.41. The van der Waals surface area contributed by atoms with Gasteiger partial charge in [-0.2, -0.15) is 0 Å². The molecule has 142 valence electrons. The summed E-state index contributed by atoms with van der Waals surface area (Å²) >= 11 is 0. The monoisotopic (exact) mass is 368 g/mol. The van der Waals surface area contributed by atoms with Crippen molar-refractivity contribution in [3.8, 4) is 0 Å². The molecule has 1 saturated heterocycles. The normalized spacial score (nSPS) is 17.2. The zero-order chi connectivity index (χ0) is 19.0. The van der Waals surface area contributed by atoms with Crippen molar-refractivity contribution in [2.75, 3.05) is 31.1 Å². The molecule has 2 amide bonds. The van der Waals surface area contributed by atoms with Crippen LogP contribution in [0.5, 0.6) is 0 Å². The van der Waals surface area contributed by atoms with Gasteiger partial charge in [0.1, 0.15) is 0 Å². The van der Waals surface area contributed by atoms with Crippen molar-refractivity contribution in [3.63, 3.8) is 0 Å². The number of amides is 2. The number of hydrogen-bond acceptors (Lipinski definition) is 5. The van der Waals surface area contributed by atoms with Crippen molar-refractivity contribution in [3.05, 3.63) is 47.2 Å². The Labute approximate surface area is 158 Å². The largest absolute Gasteiger partial charge is 0.435 e. The number of carbonyl (C=O) groups is 2. The van der Waals surface area contributed by atoms with Crippen LogP contribution in [0.3, 0.4) is 0 Å². The van der Waals surface area contributed by atoms with E-state index in [0.29, 0.717) is 41.9 Å². The molecule has 2 aromatic rings. The lowest BCUT2D eigenvalue weighted by atomic mass is 10.1. The van der Waals surface area contributed by atoms with Gasteiger partial charge in [0.25, 0.3) is 5.91 Å². The maximum atomic E-state index is 12.8. The molecular formula is C20H24N4O3. The minimum Gasteiger partial charge on any atom is -0.435 e. The Morgan fingerprint density at radius 1 is 1.15 bits per heavy atom. The summed E-state index contributed by atoms with van der Waals surface area (Å²) in [6, 6.07) is 7.24. The minimum atomic E-state index is -0.430. The van der Waals surface area contributed by atoms with Crippen LogP contribution in [0.1, 0.15) is 45.3 Å². The quantitative estimate of drug-likeness (QED) is 0.871. The molecule has 1 aliphatic carbocycles. The second-order valence-corrected chi connectivity index (χ2v) is 7.36. The lowest BCUT2D eigenvalue weighted by molar-refractivity contribution is 0.0711. The van der Waals surface area contributed by atoms with Gasteiger partial charge in [-0.3, -0.25) is 9.59 Å². The first-order chi connectivity index (χ1) is 13.0. The first kappa shape index (κ1) is 17.6. The van der Waals surface area contributed by atoms with Gasteiger partial charge in [-0.1, -0.05) is 0 Å². The van der Waals surface area contributed by atoms with Crippen LogP contribution in [0.4, 0.5) is 5.69 Å². The molecule has 1 saturated carbocycles. The Morgan fingerprint density at radius 2 is 1.81 bits per heavy atom. The summed E-state index contributed by atoms with van der Waals surface area (Å²) in [5, 5.41) is 0. The smallest absolute Gasteiger partial charge is 0.291 e. The van der Waals surface area contributed by atoms with Crippen molar-refractivity contribution in [2.24, 2.45) is 11.7 Å². The number of anilines is 1. The number of hydrogen-bond donors (Lipinski definition) is 1. The SMILES string of the molecule is Cc1nc(CC2CC2)oc1C(=O)N1CCN(c2ccc(C(N)=O)cc2)CC1. The second kappa shape index (κ2) is 7.06. The number of aryl methyl sites for hydroxylation is 1. The molecule has 4 rings (SSSR count). The van der Waals surface area contributed by atoms with E-state index in [-0.39, 0.29) is 5.91 Å². The van der Waals surface area contributed by atoms with Gasteiger partial charge in [0.15, 0.2) is 5.89 Å². The summed E-state index contributed by atoms with van der Waals surface area (Å²) in [5.74, 6) is 1.23. The van der Waals surface area contributed by atoms with Gasteiger partial charge in [0.05, 0.1) is 5.69 Å². The van der Waals surface area contributed by atoms with Crippen LogP contribution >= 0.6 is 0 Å². The summed E-state index contributed by atoms with van der Waals surface area (Å²) in [7, 11) is 0. The van der Waals surface area contributed by atoms with Crippen LogP contribution in [0.2, 0.25) is 0 Å². The summed E-state index contributed by atoms with van der Waals surface area (Å²) in [6.07, 6.45) is 3.30. The van der Waals surface area contributed by atoms with Crippen LogP contribution in [0.25, 0.3) is 0 Å².